The normalized spacial score (nSPS) is 22.0. The molecule has 2 aliphatic rings. The average Bonchev–Trinajstić information content (AvgIpc) is 3.35. The standard InChI is InChI=1S/C17H24N2O2/c1-2-18-10-12-19(13-11-18)17(8-9-17)16(20)21-14-15-6-4-3-5-7-15/h3-7H,2,8-14H2,1H3. The Labute approximate surface area is 126 Å². The summed E-state index contributed by atoms with van der Waals surface area (Å²) in [5.74, 6) is -0.0312. The molecule has 0 aromatic heterocycles. The van der Waals surface area contributed by atoms with Crippen molar-refractivity contribution < 1.29 is 9.53 Å². The number of piperazine rings is 1. The zero-order valence-electron chi connectivity index (χ0n) is 12.8. The van der Waals surface area contributed by atoms with Crippen LogP contribution in [0.5, 0.6) is 0 Å². The molecule has 4 heteroatoms. The van der Waals surface area contributed by atoms with Gasteiger partial charge in [-0.15, -0.1) is 0 Å². The second kappa shape index (κ2) is 6.16. The predicted octanol–water partition coefficient (Wildman–Crippen LogP) is 1.90. The monoisotopic (exact) mass is 288 g/mol. The molecule has 0 amide bonds. The molecule has 1 aliphatic heterocycles. The van der Waals surface area contributed by atoms with Crippen LogP contribution in [-0.2, 0) is 16.1 Å². The minimum absolute atomic E-state index is 0.0312. The lowest BCUT2D eigenvalue weighted by Crippen LogP contribution is -2.54. The minimum Gasteiger partial charge on any atom is -0.459 e. The van der Waals surface area contributed by atoms with Crippen molar-refractivity contribution in [2.24, 2.45) is 0 Å². The Morgan fingerprint density at radius 1 is 1.14 bits per heavy atom. The van der Waals surface area contributed by atoms with Crippen molar-refractivity contribution in [2.75, 3.05) is 32.7 Å². The molecule has 0 N–H and O–H groups in total. The number of likely N-dealkylation sites (N-methyl/N-ethyl adjacent to an activating group) is 1. The fourth-order valence-corrected chi connectivity index (χ4v) is 3.12. The highest BCUT2D eigenvalue weighted by Crippen LogP contribution is 2.43. The number of benzene rings is 1. The van der Waals surface area contributed by atoms with E-state index in [9.17, 15) is 4.79 Å². The van der Waals surface area contributed by atoms with E-state index in [1.807, 2.05) is 30.3 Å². The Balaban J connectivity index is 1.54. The van der Waals surface area contributed by atoms with Gasteiger partial charge in [0.15, 0.2) is 0 Å². The molecule has 1 saturated heterocycles. The first-order valence-electron chi connectivity index (χ1n) is 7.93. The Bertz CT molecular complexity index is 477. The van der Waals surface area contributed by atoms with Crippen LogP contribution in [0.3, 0.4) is 0 Å². The van der Waals surface area contributed by atoms with Crippen molar-refractivity contribution in [2.45, 2.75) is 31.9 Å². The minimum atomic E-state index is -0.311. The highest BCUT2D eigenvalue weighted by molar-refractivity contribution is 5.84. The third kappa shape index (κ3) is 3.11. The first-order valence-corrected chi connectivity index (χ1v) is 7.93. The zero-order valence-corrected chi connectivity index (χ0v) is 12.8. The molecule has 1 aliphatic carbocycles. The fourth-order valence-electron chi connectivity index (χ4n) is 3.12. The van der Waals surface area contributed by atoms with E-state index in [0.717, 1.165) is 51.1 Å². The number of carbonyl (C=O) groups is 1. The molecular weight excluding hydrogens is 264 g/mol. The molecule has 3 rings (SSSR count). The van der Waals surface area contributed by atoms with Crippen molar-refractivity contribution in [1.82, 2.24) is 9.80 Å². The van der Waals surface area contributed by atoms with Gasteiger partial charge in [-0.3, -0.25) is 9.69 Å². The van der Waals surface area contributed by atoms with Gasteiger partial charge in [0.25, 0.3) is 0 Å². The molecule has 0 unspecified atom stereocenters. The summed E-state index contributed by atoms with van der Waals surface area (Å²) in [6, 6.07) is 9.90. The molecule has 0 bridgehead atoms. The molecule has 4 nitrogen and oxygen atoms in total. The van der Waals surface area contributed by atoms with E-state index < -0.39 is 0 Å². The lowest BCUT2D eigenvalue weighted by molar-refractivity contribution is -0.154. The fraction of sp³-hybridized carbons (Fsp3) is 0.588. The van der Waals surface area contributed by atoms with Crippen LogP contribution in [0.1, 0.15) is 25.3 Å². The molecule has 0 radical (unpaired) electrons. The first kappa shape index (κ1) is 14.5. The Kier molecular flexibility index (Phi) is 4.27. The van der Waals surface area contributed by atoms with Gasteiger partial charge in [-0.25, -0.2) is 0 Å². The van der Waals surface area contributed by atoms with Crippen LogP contribution in [-0.4, -0.2) is 54.0 Å². The van der Waals surface area contributed by atoms with Crippen molar-refractivity contribution in [1.29, 1.82) is 0 Å². The van der Waals surface area contributed by atoms with Crippen LogP contribution in [0.15, 0.2) is 30.3 Å². The molecule has 1 aromatic carbocycles. The number of rotatable bonds is 5. The van der Waals surface area contributed by atoms with Crippen molar-refractivity contribution >= 4 is 5.97 Å². The lowest BCUT2D eigenvalue weighted by atomic mass is 10.1. The van der Waals surface area contributed by atoms with E-state index in [1.165, 1.54) is 0 Å². The van der Waals surface area contributed by atoms with Crippen molar-refractivity contribution in [3.05, 3.63) is 35.9 Å². The Morgan fingerprint density at radius 2 is 1.81 bits per heavy atom. The molecule has 21 heavy (non-hydrogen) atoms. The maximum absolute atomic E-state index is 12.5. The van der Waals surface area contributed by atoms with Crippen molar-refractivity contribution in [3.8, 4) is 0 Å². The SMILES string of the molecule is CCN1CCN(C2(C(=O)OCc3ccccc3)CC2)CC1. The number of ether oxygens (including phenoxy) is 1. The second-order valence-corrected chi connectivity index (χ2v) is 6.01. The predicted molar refractivity (Wildman–Crippen MR) is 81.9 cm³/mol. The number of nitrogens with zero attached hydrogens (tertiary/aromatic N) is 2. The van der Waals surface area contributed by atoms with Gasteiger partial charge in [0.05, 0.1) is 0 Å². The molecular formula is C17H24N2O2. The van der Waals surface area contributed by atoms with Crippen LogP contribution in [0.4, 0.5) is 0 Å². The highest BCUT2D eigenvalue weighted by atomic mass is 16.5. The molecule has 2 fully saturated rings. The van der Waals surface area contributed by atoms with Gasteiger partial charge in [-0.05, 0) is 24.9 Å². The van der Waals surface area contributed by atoms with Crippen LogP contribution < -0.4 is 0 Å². The molecule has 114 valence electrons. The topological polar surface area (TPSA) is 32.8 Å². The van der Waals surface area contributed by atoms with E-state index in [4.69, 9.17) is 4.74 Å². The van der Waals surface area contributed by atoms with Gasteiger partial charge in [-0.1, -0.05) is 37.3 Å². The second-order valence-electron chi connectivity index (χ2n) is 6.01. The van der Waals surface area contributed by atoms with Gasteiger partial charge in [0, 0.05) is 26.2 Å². The molecule has 1 heterocycles. The summed E-state index contributed by atoms with van der Waals surface area (Å²) in [5.41, 5.74) is 0.742. The Morgan fingerprint density at radius 3 is 2.38 bits per heavy atom. The van der Waals surface area contributed by atoms with Gasteiger partial charge in [0.1, 0.15) is 12.1 Å². The van der Waals surface area contributed by atoms with E-state index in [1.54, 1.807) is 0 Å². The van der Waals surface area contributed by atoms with Gasteiger partial charge < -0.3 is 9.64 Å². The zero-order chi connectivity index (χ0) is 14.7. The summed E-state index contributed by atoms with van der Waals surface area (Å²) < 4.78 is 5.57. The van der Waals surface area contributed by atoms with Crippen LogP contribution in [0.25, 0.3) is 0 Å². The third-order valence-electron chi connectivity index (χ3n) is 4.74. The van der Waals surface area contributed by atoms with E-state index in [2.05, 4.69) is 16.7 Å². The van der Waals surface area contributed by atoms with E-state index in [-0.39, 0.29) is 11.5 Å². The smallest absolute Gasteiger partial charge is 0.326 e. The number of hydrogen-bond donors (Lipinski definition) is 0. The highest BCUT2D eigenvalue weighted by Gasteiger charge is 2.56. The van der Waals surface area contributed by atoms with Crippen LogP contribution in [0.2, 0.25) is 0 Å². The largest absolute Gasteiger partial charge is 0.459 e. The van der Waals surface area contributed by atoms with Gasteiger partial charge in [0.2, 0.25) is 0 Å². The summed E-state index contributed by atoms with van der Waals surface area (Å²) in [5, 5.41) is 0. The van der Waals surface area contributed by atoms with Gasteiger partial charge in [-0.2, -0.15) is 0 Å². The lowest BCUT2D eigenvalue weighted by Gasteiger charge is -2.38. The first-order chi connectivity index (χ1) is 10.2. The molecule has 0 atom stereocenters. The molecule has 1 aromatic rings. The maximum Gasteiger partial charge on any atom is 0.326 e. The number of hydrogen-bond acceptors (Lipinski definition) is 4. The van der Waals surface area contributed by atoms with Crippen LogP contribution >= 0.6 is 0 Å². The van der Waals surface area contributed by atoms with E-state index in [0.29, 0.717) is 6.61 Å². The van der Waals surface area contributed by atoms with Gasteiger partial charge >= 0.3 is 5.97 Å². The number of carbonyl (C=O) groups excluding carboxylic acids is 1. The summed E-state index contributed by atoms with van der Waals surface area (Å²) in [6.07, 6.45) is 1.90. The summed E-state index contributed by atoms with van der Waals surface area (Å²) in [7, 11) is 0. The van der Waals surface area contributed by atoms with E-state index >= 15 is 0 Å². The Hall–Kier alpha value is -1.39. The number of esters is 1. The summed E-state index contributed by atoms with van der Waals surface area (Å²) in [4.78, 5) is 17.2. The van der Waals surface area contributed by atoms with Crippen LogP contribution in [0, 0.1) is 0 Å². The maximum atomic E-state index is 12.5. The molecule has 1 saturated carbocycles. The third-order valence-corrected chi connectivity index (χ3v) is 4.74. The molecule has 0 spiro atoms. The quantitative estimate of drug-likeness (QED) is 0.775. The summed E-state index contributed by atoms with van der Waals surface area (Å²) in [6.45, 7) is 7.75. The summed E-state index contributed by atoms with van der Waals surface area (Å²) >= 11 is 0. The van der Waals surface area contributed by atoms with Crippen molar-refractivity contribution in [3.63, 3.8) is 0 Å². The average molecular weight is 288 g/mol.